The predicted octanol–water partition coefficient (Wildman–Crippen LogP) is 5.16. The number of benzene rings is 2. The third kappa shape index (κ3) is 8.70. The minimum absolute atomic E-state index is 0.141. The van der Waals surface area contributed by atoms with Gasteiger partial charge in [0.1, 0.15) is 12.2 Å². The topological polar surface area (TPSA) is 91.3 Å². The third-order valence-electron chi connectivity index (χ3n) is 7.54. The highest BCUT2D eigenvalue weighted by atomic mass is 16.6. The van der Waals surface area contributed by atoms with Crippen LogP contribution in [0.2, 0.25) is 0 Å². The number of ether oxygens (including phenoxy) is 2. The second-order valence-electron chi connectivity index (χ2n) is 11.8. The average molecular weight is 538 g/mol. The van der Waals surface area contributed by atoms with Crippen molar-refractivity contribution in [3.05, 3.63) is 71.8 Å². The molecule has 4 rings (SSSR count). The summed E-state index contributed by atoms with van der Waals surface area (Å²) in [6.45, 7) is 7.18. The van der Waals surface area contributed by atoms with Crippen LogP contribution in [0.15, 0.2) is 60.7 Å². The van der Waals surface area contributed by atoms with E-state index in [0.29, 0.717) is 31.3 Å². The van der Waals surface area contributed by atoms with Crippen molar-refractivity contribution >= 4 is 12.2 Å². The fourth-order valence-electron chi connectivity index (χ4n) is 5.56. The largest absolute Gasteiger partial charge is 0.445 e. The van der Waals surface area contributed by atoms with Gasteiger partial charge in [-0.2, -0.15) is 0 Å². The van der Waals surface area contributed by atoms with Gasteiger partial charge >= 0.3 is 12.2 Å². The van der Waals surface area contributed by atoms with Crippen LogP contribution in [0.4, 0.5) is 9.59 Å². The van der Waals surface area contributed by atoms with Crippen molar-refractivity contribution < 1.29 is 24.2 Å². The van der Waals surface area contributed by atoms with Gasteiger partial charge in [-0.1, -0.05) is 73.5 Å². The first kappa shape index (κ1) is 28.9. The molecule has 1 aliphatic carbocycles. The summed E-state index contributed by atoms with van der Waals surface area (Å²) in [5.74, 6) is 0.909. The first-order chi connectivity index (χ1) is 18.7. The van der Waals surface area contributed by atoms with Crippen molar-refractivity contribution in [2.75, 3.05) is 19.6 Å². The Morgan fingerprint density at radius 1 is 0.949 bits per heavy atom. The normalized spacial score (nSPS) is 21.4. The van der Waals surface area contributed by atoms with Gasteiger partial charge in [0.25, 0.3) is 0 Å². The van der Waals surface area contributed by atoms with Gasteiger partial charge in [0.15, 0.2) is 0 Å². The molecule has 4 atom stereocenters. The molecule has 212 valence electrons. The number of hydrogen-bond donors (Lipinski definition) is 2. The van der Waals surface area contributed by atoms with Crippen LogP contribution >= 0.6 is 0 Å². The van der Waals surface area contributed by atoms with Crippen LogP contribution in [0, 0.1) is 11.8 Å². The highest BCUT2D eigenvalue weighted by Crippen LogP contribution is 2.36. The second kappa shape index (κ2) is 13.3. The van der Waals surface area contributed by atoms with E-state index < -0.39 is 29.9 Å². The molecule has 0 radical (unpaired) electrons. The van der Waals surface area contributed by atoms with Crippen LogP contribution in [-0.4, -0.2) is 64.7 Å². The van der Waals surface area contributed by atoms with Crippen LogP contribution in [0.5, 0.6) is 0 Å². The molecule has 8 heteroatoms. The van der Waals surface area contributed by atoms with Gasteiger partial charge in [-0.25, -0.2) is 19.6 Å². The van der Waals surface area contributed by atoms with Gasteiger partial charge in [-0.05, 0) is 63.0 Å². The van der Waals surface area contributed by atoms with E-state index in [1.807, 2.05) is 86.4 Å². The zero-order chi connectivity index (χ0) is 27.8. The Hall–Kier alpha value is -3.10. The van der Waals surface area contributed by atoms with Gasteiger partial charge < -0.3 is 19.9 Å². The number of aliphatic hydroxyl groups is 1. The molecule has 2 aliphatic rings. The lowest BCUT2D eigenvalue weighted by Gasteiger charge is -2.48. The molecule has 2 fully saturated rings. The number of hydrogen-bond acceptors (Lipinski definition) is 6. The lowest BCUT2D eigenvalue weighted by molar-refractivity contribution is -0.118. The summed E-state index contributed by atoms with van der Waals surface area (Å²) in [7, 11) is 0. The molecule has 1 aliphatic heterocycles. The lowest BCUT2D eigenvalue weighted by Crippen LogP contribution is -2.61. The third-order valence-corrected chi connectivity index (χ3v) is 7.54. The van der Waals surface area contributed by atoms with Gasteiger partial charge in [0.2, 0.25) is 0 Å². The Bertz CT molecular complexity index is 1060. The molecule has 2 N–H and O–H groups in total. The van der Waals surface area contributed by atoms with Gasteiger partial charge in [0, 0.05) is 19.6 Å². The lowest BCUT2D eigenvalue weighted by atomic mass is 9.77. The van der Waals surface area contributed by atoms with E-state index in [-0.39, 0.29) is 13.2 Å². The fourth-order valence-corrected chi connectivity index (χ4v) is 5.56. The molecule has 2 aromatic rings. The Labute approximate surface area is 232 Å². The summed E-state index contributed by atoms with van der Waals surface area (Å²) in [6, 6.07) is 18.6. The first-order valence-corrected chi connectivity index (χ1v) is 14.1. The predicted molar refractivity (Wildman–Crippen MR) is 150 cm³/mol. The Morgan fingerprint density at radius 2 is 1.54 bits per heavy atom. The van der Waals surface area contributed by atoms with E-state index in [4.69, 9.17) is 9.47 Å². The summed E-state index contributed by atoms with van der Waals surface area (Å²) in [6.07, 6.45) is 3.09. The van der Waals surface area contributed by atoms with E-state index in [1.54, 1.807) is 5.01 Å². The molecule has 0 bridgehead atoms. The summed E-state index contributed by atoms with van der Waals surface area (Å²) < 4.78 is 11.2. The summed E-state index contributed by atoms with van der Waals surface area (Å²) in [5, 5.41) is 18.0. The average Bonchev–Trinajstić information content (AvgIpc) is 2.91. The molecule has 1 saturated carbocycles. The van der Waals surface area contributed by atoms with Crippen molar-refractivity contribution in [2.24, 2.45) is 11.8 Å². The number of nitrogens with one attached hydrogen (secondary N) is 1. The highest BCUT2D eigenvalue weighted by molar-refractivity contribution is 5.68. The van der Waals surface area contributed by atoms with Gasteiger partial charge in [-0.3, -0.25) is 0 Å². The van der Waals surface area contributed by atoms with E-state index in [9.17, 15) is 14.7 Å². The molecule has 8 nitrogen and oxygen atoms in total. The molecule has 1 saturated heterocycles. The maximum atomic E-state index is 13.2. The standard InChI is InChI=1S/C31H43N3O5/c1-31(2,3)39-30(37)34-20-26-17-11-10-16-25(26)19-33(34)21-28(35)27(18-23-12-6-4-7-13-23)32-29(36)38-22-24-14-8-5-9-15-24/h4-9,12-15,25-28,35H,10-11,16-22H2,1-3H3,(H,32,36)/t25-,26+,27+,28?/m1/s1. The van der Waals surface area contributed by atoms with Crippen LogP contribution in [0.1, 0.15) is 57.6 Å². The van der Waals surface area contributed by atoms with E-state index in [0.717, 1.165) is 24.0 Å². The first-order valence-electron chi connectivity index (χ1n) is 14.1. The molecule has 39 heavy (non-hydrogen) atoms. The van der Waals surface area contributed by atoms with Gasteiger partial charge in [0.05, 0.1) is 12.1 Å². The number of carbonyl (C=O) groups is 2. The van der Waals surface area contributed by atoms with Crippen LogP contribution in [0.25, 0.3) is 0 Å². The number of fused-ring (bicyclic) bond motifs is 1. The number of rotatable bonds is 8. The Kier molecular flexibility index (Phi) is 9.86. The number of aliphatic hydroxyl groups excluding tert-OH is 1. The Morgan fingerprint density at radius 3 is 2.15 bits per heavy atom. The molecular formula is C31H43N3O5. The maximum Gasteiger partial charge on any atom is 0.424 e. The van der Waals surface area contributed by atoms with Crippen LogP contribution in [0.3, 0.4) is 0 Å². The smallest absolute Gasteiger partial charge is 0.424 e. The second-order valence-corrected chi connectivity index (χ2v) is 11.8. The molecule has 0 aromatic heterocycles. The van der Waals surface area contributed by atoms with Crippen molar-refractivity contribution in [1.29, 1.82) is 0 Å². The number of amides is 2. The van der Waals surface area contributed by atoms with Crippen molar-refractivity contribution in [2.45, 2.75) is 77.2 Å². The summed E-state index contributed by atoms with van der Waals surface area (Å²) in [4.78, 5) is 26.0. The molecule has 0 spiro atoms. The SMILES string of the molecule is CC(C)(C)OC(=O)N1C[C@@H]2CCCC[C@@H]2CN1CC(O)[C@H](Cc1ccccc1)NC(=O)OCc1ccccc1. The zero-order valence-electron chi connectivity index (χ0n) is 23.4. The molecule has 1 unspecified atom stereocenters. The monoisotopic (exact) mass is 537 g/mol. The van der Waals surface area contributed by atoms with E-state index in [2.05, 4.69) is 5.32 Å². The van der Waals surface area contributed by atoms with Crippen LogP contribution < -0.4 is 5.32 Å². The summed E-state index contributed by atoms with van der Waals surface area (Å²) in [5.41, 5.74) is 1.25. The molecule has 2 amide bonds. The highest BCUT2D eigenvalue weighted by Gasteiger charge is 2.40. The van der Waals surface area contributed by atoms with Crippen molar-refractivity contribution in [3.63, 3.8) is 0 Å². The van der Waals surface area contributed by atoms with Crippen molar-refractivity contribution in [1.82, 2.24) is 15.3 Å². The molecule has 1 heterocycles. The number of carbonyl (C=O) groups excluding carboxylic acids is 2. The Balaban J connectivity index is 1.47. The summed E-state index contributed by atoms with van der Waals surface area (Å²) >= 11 is 0. The minimum Gasteiger partial charge on any atom is -0.445 e. The van der Waals surface area contributed by atoms with Crippen LogP contribution in [-0.2, 0) is 22.5 Å². The number of nitrogens with zero attached hydrogens (tertiary/aromatic N) is 2. The van der Waals surface area contributed by atoms with Crippen molar-refractivity contribution in [3.8, 4) is 0 Å². The zero-order valence-corrected chi connectivity index (χ0v) is 23.4. The molecule has 2 aromatic carbocycles. The van der Waals surface area contributed by atoms with Gasteiger partial charge in [-0.15, -0.1) is 0 Å². The maximum absolute atomic E-state index is 13.2. The number of β-amino-alcohol motifs (C(OH)–C–C–N with tert-alkyl or cyclic N) is 1. The molecular weight excluding hydrogens is 494 g/mol. The van der Waals surface area contributed by atoms with E-state index in [1.165, 1.54) is 12.8 Å². The number of alkyl carbamates (subject to hydrolysis) is 1. The number of hydrazine groups is 1. The fraction of sp³-hybridized carbons (Fsp3) is 0.548. The minimum atomic E-state index is -0.945. The quantitative estimate of drug-likeness (QED) is 0.484. The van der Waals surface area contributed by atoms with E-state index >= 15 is 0 Å².